The van der Waals surface area contributed by atoms with Crippen molar-refractivity contribution in [3.8, 4) is 0 Å². The molecule has 2 aliphatic rings. The maximum Gasteiger partial charge on any atom is 0.0930 e. The molecular formula is C10H17O. The standard InChI is InChI=1S/C10H17O/c11-9-3-7-10(8-4-9)5-1-2-6-10/h9H,1-8H2. The quantitative estimate of drug-likeness (QED) is 0.510. The zero-order chi connectivity index (χ0) is 7.73. The van der Waals surface area contributed by atoms with Gasteiger partial charge in [0.05, 0.1) is 6.10 Å². The maximum atomic E-state index is 11.1. The van der Waals surface area contributed by atoms with Gasteiger partial charge in [-0.1, -0.05) is 12.8 Å². The van der Waals surface area contributed by atoms with Crippen molar-refractivity contribution in [2.75, 3.05) is 0 Å². The fraction of sp³-hybridized carbons (Fsp3) is 1.00. The summed E-state index contributed by atoms with van der Waals surface area (Å²) in [5.41, 5.74) is 0.654. The summed E-state index contributed by atoms with van der Waals surface area (Å²) in [5.74, 6) is 0. The summed E-state index contributed by atoms with van der Waals surface area (Å²) >= 11 is 0. The average Bonchev–Trinajstić information content (AvgIpc) is 2.45. The van der Waals surface area contributed by atoms with E-state index in [0.717, 1.165) is 12.8 Å². The average molecular weight is 153 g/mol. The third kappa shape index (κ3) is 1.44. The number of hydrogen-bond donors (Lipinski definition) is 0. The predicted molar refractivity (Wildman–Crippen MR) is 43.8 cm³/mol. The molecule has 2 fully saturated rings. The van der Waals surface area contributed by atoms with Gasteiger partial charge in [0.25, 0.3) is 0 Å². The van der Waals surface area contributed by atoms with Crippen molar-refractivity contribution >= 4 is 0 Å². The Morgan fingerprint density at radius 3 is 2.00 bits per heavy atom. The van der Waals surface area contributed by atoms with E-state index in [4.69, 9.17) is 0 Å². The van der Waals surface area contributed by atoms with Crippen LogP contribution in [0.4, 0.5) is 0 Å². The van der Waals surface area contributed by atoms with Crippen molar-refractivity contribution in [2.24, 2.45) is 5.41 Å². The second-order valence-corrected chi connectivity index (χ2v) is 4.41. The smallest absolute Gasteiger partial charge is 0.0930 e. The first-order chi connectivity index (χ1) is 5.31. The maximum absolute atomic E-state index is 11.1. The van der Waals surface area contributed by atoms with Crippen LogP contribution in [0.1, 0.15) is 51.4 Å². The molecule has 0 bridgehead atoms. The minimum atomic E-state index is -0.221. The molecule has 0 aliphatic heterocycles. The van der Waals surface area contributed by atoms with Gasteiger partial charge < -0.3 is 0 Å². The Morgan fingerprint density at radius 1 is 0.909 bits per heavy atom. The van der Waals surface area contributed by atoms with Crippen LogP contribution in [0.25, 0.3) is 0 Å². The fourth-order valence-corrected chi connectivity index (χ4v) is 2.83. The highest BCUT2D eigenvalue weighted by atomic mass is 16.3. The van der Waals surface area contributed by atoms with Crippen LogP contribution in [0.3, 0.4) is 0 Å². The van der Waals surface area contributed by atoms with Gasteiger partial charge in [0.15, 0.2) is 0 Å². The van der Waals surface area contributed by atoms with Crippen molar-refractivity contribution in [2.45, 2.75) is 57.5 Å². The van der Waals surface area contributed by atoms with E-state index < -0.39 is 0 Å². The van der Waals surface area contributed by atoms with Gasteiger partial charge in [-0.15, -0.1) is 0 Å². The van der Waals surface area contributed by atoms with Gasteiger partial charge in [0.2, 0.25) is 0 Å². The second-order valence-electron chi connectivity index (χ2n) is 4.41. The predicted octanol–water partition coefficient (Wildman–Crippen LogP) is 2.92. The Bertz CT molecular complexity index is 126. The van der Waals surface area contributed by atoms with E-state index in [9.17, 15) is 5.11 Å². The van der Waals surface area contributed by atoms with E-state index in [1.807, 2.05) is 0 Å². The van der Waals surface area contributed by atoms with Crippen molar-refractivity contribution in [3.63, 3.8) is 0 Å². The molecule has 2 rings (SSSR count). The van der Waals surface area contributed by atoms with Crippen molar-refractivity contribution in [1.29, 1.82) is 0 Å². The molecule has 0 saturated heterocycles. The molecule has 1 nitrogen and oxygen atoms in total. The highest BCUT2D eigenvalue weighted by molar-refractivity contribution is 4.88. The lowest BCUT2D eigenvalue weighted by Gasteiger charge is -2.34. The Kier molecular flexibility index (Phi) is 1.92. The zero-order valence-corrected chi connectivity index (χ0v) is 7.14. The lowest BCUT2D eigenvalue weighted by Crippen LogP contribution is -2.26. The normalized spacial score (nSPS) is 31.4. The molecule has 63 valence electrons. The Labute approximate surface area is 68.8 Å². The number of rotatable bonds is 0. The summed E-state index contributed by atoms with van der Waals surface area (Å²) in [6.07, 6.45) is 9.84. The first-order valence-electron chi connectivity index (χ1n) is 4.97. The Hall–Kier alpha value is -0.0400. The molecule has 0 aromatic rings. The van der Waals surface area contributed by atoms with Crippen LogP contribution in [0, 0.1) is 5.41 Å². The largest absolute Gasteiger partial charge is 0.233 e. The Morgan fingerprint density at radius 2 is 1.45 bits per heavy atom. The van der Waals surface area contributed by atoms with E-state index >= 15 is 0 Å². The van der Waals surface area contributed by atoms with E-state index in [2.05, 4.69) is 0 Å². The summed E-state index contributed by atoms with van der Waals surface area (Å²) in [5, 5.41) is 11.1. The molecule has 0 amide bonds. The summed E-state index contributed by atoms with van der Waals surface area (Å²) in [7, 11) is 0. The van der Waals surface area contributed by atoms with Gasteiger partial charge >= 0.3 is 0 Å². The van der Waals surface area contributed by atoms with Gasteiger partial charge in [-0.3, -0.25) is 0 Å². The van der Waals surface area contributed by atoms with Crippen molar-refractivity contribution < 1.29 is 5.11 Å². The summed E-state index contributed by atoms with van der Waals surface area (Å²) in [6.45, 7) is 0. The monoisotopic (exact) mass is 153 g/mol. The molecule has 0 unspecified atom stereocenters. The van der Waals surface area contributed by atoms with Crippen LogP contribution in [0.15, 0.2) is 0 Å². The second kappa shape index (κ2) is 2.78. The van der Waals surface area contributed by atoms with Crippen LogP contribution < -0.4 is 0 Å². The molecule has 2 aliphatic carbocycles. The van der Waals surface area contributed by atoms with Gasteiger partial charge in [-0.2, -0.15) is 0 Å². The van der Waals surface area contributed by atoms with Crippen LogP contribution in [-0.2, 0) is 5.11 Å². The van der Waals surface area contributed by atoms with Gasteiger partial charge in [-0.05, 0) is 43.9 Å². The van der Waals surface area contributed by atoms with Crippen LogP contribution >= 0.6 is 0 Å². The van der Waals surface area contributed by atoms with Crippen LogP contribution in [-0.4, -0.2) is 6.10 Å². The van der Waals surface area contributed by atoms with E-state index in [1.54, 1.807) is 0 Å². The van der Waals surface area contributed by atoms with E-state index in [1.165, 1.54) is 38.5 Å². The fourth-order valence-electron chi connectivity index (χ4n) is 2.83. The molecule has 11 heavy (non-hydrogen) atoms. The van der Waals surface area contributed by atoms with Crippen molar-refractivity contribution in [1.82, 2.24) is 0 Å². The van der Waals surface area contributed by atoms with Gasteiger partial charge in [0, 0.05) is 0 Å². The van der Waals surface area contributed by atoms with Gasteiger partial charge in [-0.25, -0.2) is 5.11 Å². The highest BCUT2D eigenvalue weighted by Crippen LogP contribution is 2.48. The summed E-state index contributed by atoms with van der Waals surface area (Å²) in [4.78, 5) is 0. The zero-order valence-electron chi connectivity index (χ0n) is 7.14. The summed E-state index contributed by atoms with van der Waals surface area (Å²) in [6, 6.07) is 0. The SMILES string of the molecule is [O]C1CCC2(CCCC2)CC1. The molecule has 0 atom stereocenters. The van der Waals surface area contributed by atoms with E-state index in [-0.39, 0.29) is 6.10 Å². The third-order valence-corrected chi connectivity index (χ3v) is 3.66. The lowest BCUT2D eigenvalue weighted by atomic mass is 9.72. The Balaban J connectivity index is 1.94. The van der Waals surface area contributed by atoms with Crippen molar-refractivity contribution in [3.05, 3.63) is 0 Å². The summed E-state index contributed by atoms with van der Waals surface area (Å²) < 4.78 is 0. The number of hydrogen-bond acceptors (Lipinski definition) is 0. The van der Waals surface area contributed by atoms with Gasteiger partial charge in [0.1, 0.15) is 0 Å². The molecular weight excluding hydrogens is 136 g/mol. The topological polar surface area (TPSA) is 19.9 Å². The van der Waals surface area contributed by atoms with Crippen LogP contribution in [0.2, 0.25) is 0 Å². The van der Waals surface area contributed by atoms with Crippen LogP contribution in [0.5, 0.6) is 0 Å². The molecule has 0 N–H and O–H groups in total. The molecule has 1 radical (unpaired) electrons. The van der Waals surface area contributed by atoms with E-state index in [0.29, 0.717) is 5.41 Å². The minimum absolute atomic E-state index is 0.221. The molecule has 1 spiro atoms. The lowest BCUT2D eigenvalue weighted by molar-refractivity contribution is 0.0156. The first kappa shape index (κ1) is 7.60. The molecule has 1 heteroatoms. The molecule has 2 saturated carbocycles. The minimum Gasteiger partial charge on any atom is -0.233 e. The first-order valence-corrected chi connectivity index (χ1v) is 4.97. The molecule has 0 aromatic carbocycles. The third-order valence-electron chi connectivity index (χ3n) is 3.66. The molecule has 0 aromatic heterocycles. The highest BCUT2D eigenvalue weighted by Gasteiger charge is 2.37. The molecule has 0 heterocycles.